The highest BCUT2D eigenvalue weighted by Gasteiger charge is 2.11. The molecule has 0 aliphatic heterocycles. The molecule has 0 aliphatic rings. The lowest BCUT2D eigenvalue weighted by Gasteiger charge is -2.20. The summed E-state index contributed by atoms with van der Waals surface area (Å²) in [6.45, 7) is 7.20. The third-order valence-corrected chi connectivity index (χ3v) is 2.24. The lowest BCUT2D eigenvalue weighted by atomic mass is 10.1. The van der Waals surface area contributed by atoms with Gasteiger partial charge in [0.05, 0.1) is 19.3 Å². The van der Waals surface area contributed by atoms with Crippen LogP contribution >= 0.6 is 0 Å². The molecule has 1 rings (SSSR count). The van der Waals surface area contributed by atoms with Crippen molar-refractivity contribution in [1.82, 2.24) is 0 Å². The van der Waals surface area contributed by atoms with Gasteiger partial charge in [-0.1, -0.05) is 12.1 Å². The molecule has 0 unspecified atom stereocenters. The predicted octanol–water partition coefficient (Wildman–Crippen LogP) is 2.47. The molecular weight excluding hydrogens is 202 g/mol. The average molecular weight is 223 g/mol. The number of hydrogen-bond donors (Lipinski definition) is 1. The minimum absolute atomic E-state index is 0.125. The van der Waals surface area contributed by atoms with Gasteiger partial charge in [-0.15, -0.1) is 0 Å². The largest absolute Gasteiger partial charge is 0.496 e. The van der Waals surface area contributed by atoms with Crippen LogP contribution in [0.1, 0.15) is 31.9 Å². The van der Waals surface area contributed by atoms with Gasteiger partial charge in [0.15, 0.2) is 0 Å². The summed E-state index contributed by atoms with van der Waals surface area (Å²) in [4.78, 5) is 0. The lowest BCUT2D eigenvalue weighted by molar-refractivity contribution is -0.0150. The first-order valence-electron chi connectivity index (χ1n) is 5.46. The summed E-state index contributed by atoms with van der Waals surface area (Å²) in [6, 6.07) is 5.99. The van der Waals surface area contributed by atoms with Gasteiger partial charge in [-0.2, -0.15) is 0 Å². The van der Waals surface area contributed by atoms with Crippen LogP contribution in [0.3, 0.4) is 0 Å². The van der Waals surface area contributed by atoms with Crippen molar-refractivity contribution in [2.45, 2.75) is 39.5 Å². The van der Waals surface area contributed by atoms with E-state index in [-0.39, 0.29) is 5.60 Å². The molecule has 0 heterocycles. The monoisotopic (exact) mass is 223 g/mol. The molecule has 90 valence electrons. The van der Waals surface area contributed by atoms with Crippen molar-refractivity contribution < 1.29 is 9.47 Å². The van der Waals surface area contributed by atoms with Gasteiger partial charge < -0.3 is 15.2 Å². The van der Waals surface area contributed by atoms with E-state index >= 15 is 0 Å². The van der Waals surface area contributed by atoms with Crippen molar-refractivity contribution in [2.24, 2.45) is 5.73 Å². The summed E-state index contributed by atoms with van der Waals surface area (Å²) in [5.74, 6) is 0.831. The Morgan fingerprint density at radius 2 is 1.94 bits per heavy atom. The predicted molar refractivity (Wildman–Crippen MR) is 65.4 cm³/mol. The van der Waals surface area contributed by atoms with E-state index in [9.17, 15) is 0 Å². The van der Waals surface area contributed by atoms with E-state index < -0.39 is 0 Å². The molecule has 0 saturated carbocycles. The summed E-state index contributed by atoms with van der Waals surface area (Å²) in [5.41, 5.74) is 7.60. The topological polar surface area (TPSA) is 44.5 Å². The zero-order valence-electron chi connectivity index (χ0n) is 10.5. The molecule has 0 bridgehead atoms. The van der Waals surface area contributed by atoms with Gasteiger partial charge in [-0.3, -0.25) is 0 Å². The van der Waals surface area contributed by atoms with Gasteiger partial charge in [-0.05, 0) is 32.4 Å². The number of benzene rings is 1. The molecule has 1 aromatic rings. The molecule has 2 N–H and O–H groups in total. The fourth-order valence-electron chi connectivity index (χ4n) is 1.35. The number of hydrogen-bond acceptors (Lipinski definition) is 3. The van der Waals surface area contributed by atoms with Crippen molar-refractivity contribution in [3.63, 3.8) is 0 Å². The summed E-state index contributed by atoms with van der Waals surface area (Å²) in [6.07, 6.45) is 0. The Kier molecular flexibility index (Phi) is 4.33. The van der Waals surface area contributed by atoms with Gasteiger partial charge >= 0.3 is 0 Å². The van der Waals surface area contributed by atoms with Crippen LogP contribution in [0.5, 0.6) is 5.75 Å². The second-order valence-electron chi connectivity index (χ2n) is 4.75. The smallest absolute Gasteiger partial charge is 0.123 e. The van der Waals surface area contributed by atoms with Crippen molar-refractivity contribution in [3.05, 3.63) is 29.3 Å². The Bertz CT molecular complexity index is 342. The Morgan fingerprint density at radius 1 is 1.25 bits per heavy atom. The summed E-state index contributed by atoms with van der Waals surface area (Å²) in [7, 11) is 1.66. The first-order valence-corrected chi connectivity index (χ1v) is 5.46. The zero-order valence-corrected chi connectivity index (χ0v) is 10.5. The van der Waals surface area contributed by atoms with Crippen LogP contribution in [0.2, 0.25) is 0 Å². The van der Waals surface area contributed by atoms with Crippen molar-refractivity contribution in [1.29, 1.82) is 0 Å². The molecule has 0 radical (unpaired) electrons. The molecule has 0 aliphatic carbocycles. The summed E-state index contributed by atoms with van der Waals surface area (Å²) >= 11 is 0. The minimum atomic E-state index is -0.125. The maximum atomic E-state index is 5.70. The van der Waals surface area contributed by atoms with Crippen LogP contribution in [-0.2, 0) is 17.9 Å². The SMILES string of the molecule is COc1cc(COC(C)(C)C)ccc1CN. The fraction of sp³-hybridized carbons (Fsp3) is 0.538. The van der Waals surface area contributed by atoms with Gasteiger partial charge in [0.1, 0.15) is 5.75 Å². The highest BCUT2D eigenvalue weighted by molar-refractivity contribution is 5.37. The second kappa shape index (κ2) is 5.32. The first kappa shape index (κ1) is 13.0. The second-order valence-corrected chi connectivity index (χ2v) is 4.75. The van der Waals surface area contributed by atoms with Gasteiger partial charge in [0.2, 0.25) is 0 Å². The van der Waals surface area contributed by atoms with Crippen LogP contribution in [0.4, 0.5) is 0 Å². The van der Waals surface area contributed by atoms with E-state index in [1.54, 1.807) is 7.11 Å². The molecule has 16 heavy (non-hydrogen) atoms. The van der Waals surface area contributed by atoms with E-state index in [2.05, 4.69) is 0 Å². The molecule has 0 fully saturated rings. The summed E-state index contributed by atoms with van der Waals surface area (Å²) < 4.78 is 11.0. The molecule has 0 spiro atoms. The standard InChI is InChI=1S/C13H21NO2/c1-13(2,3)16-9-10-5-6-11(8-14)12(7-10)15-4/h5-7H,8-9,14H2,1-4H3. The highest BCUT2D eigenvalue weighted by Crippen LogP contribution is 2.21. The summed E-state index contributed by atoms with van der Waals surface area (Å²) in [5, 5.41) is 0. The van der Waals surface area contributed by atoms with Gasteiger partial charge in [0, 0.05) is 12.1 Å². The molecule has 0 saturated heterocycles. The molecule has 3 nitrogen and oxygen atoms in total. The first-order chi connectivity index (χ1) is 7.46. The van der Waals surface area contributed by atoms with Crippen molar-refractivity contribution >= 4 is 0 Å². The number of methoxy groups -OCH3 is 1. The van der Waals surface area contributed by atoms with Crippen LogP contribution in [-0.4, -0.2) is 12.7 Å². The maximum absolute atomic E-state index is 5.70. The normalized spacial score (nSPS) is 11.6. The van der Waals surface area contributed by atoms with Gasteiger partial charge in [-0.25, -0.2) is 0 Å². The molecule has 0 amide bonds. The molecule has 0 aromatic heterocycles. The van der Waals surface area contributed by atoms with Crippen LogP contribution < -0.4 is 10.5 Å². The molecule has 1 aromatic carbocycles. The molecular formula is C13H21NO2. The number of rotatable bonds is 4. The Morgan fingerprint density at radius 3 is 2.44 bits per heavy atom. The van der Waals surface area contributed by atoms with E-state index in [1.807, 2.05) is 39.0 Å². The van der Waals surface area contributed by atoms with E-state index in [0.29, 0.717) is 13.2 Å². The van der Waals surface area contributed by atoms with Gasteiger partial charge in [0.25, 0.3) is 0 Å². The van der Waals surface area contributed by atoms with E-state index in [0.717, 1.165) is 16.9 Å². The zero-order chi connectivity index (χ0) is 12.2. The van der Waals surface area contributed by atoms with Crippen LogP contribution in [0.25, 0.3) is 0 Å². The van der Waals surface area contributed by atoms with Crippen molar-refractivity contribution in [2.75, 3.05) is 7.11 Å². The highest BCUT2D eigenvalue weighted by atomic mass is 16.5. The Balaban J connectivity index is 2.75. The lowest BCUT2D eigenvalue weighted by Crippen LogP contribution is -2.18. The van der Waals surface area contributed by atoms with Crippen molar-refractivity contribution in [3.8, 4) is 5.75 Å². The van der Waals surface area contributed by atoms with E-state index in [4.69, 9.17) is 15.2 Å². The molecule has 3 heteroatoms. The number of nitrogens with two attached hydrogens (primary N) is 1. The third-order valence-electron chi connectivity index (χ3n) is 2.24. The van der Waals surface area contributed by atoms with Crippen LogP contribution in [0.15, 0.2) is 18.2 Å². The fourth-order valence-corrected chi connectivity index (χ4v) is 1.35. The average Bonchev–Trinajstić information content (AvgIpc) is 2.25. The minimum Gasteiger partial charge on any atom is -0.496 e. The quantitative estimate of drug-likeness (QED) is 0.852. The Labute approximate surface area is 97.6 Å². The van der Waals surface area contributed by atoms with Crippen LogP contribution in [0, 0.1) is 0 Å². The van der Waals surface area contributed by atoms with E-state index in [1.165, 1.54) is 0 Å². The third kappa shape index (κ3) is 3.83. The number of ether oxygens (including phenoxy) is 2. The Hall–Kier alpha value is -1.06. The maximum Gasteiger partial charge on any atom is 0.123 e. The molecule has 0 atom stereocenters.